The summed E-state index contributed by atoms with van der Waals surface area (Å²) in [6.45, 7) is 2.26. The third-order valence-electron chi connectivity index (χ3n) is 3.55. The minimum absolute atomic E-state index is 1.09. The third kappa shape index (κ3) is 38.7. The maximum absolute atomic E-state index is 8.88. The Kier molecular flexibility index (Phi) is 25.5. The second-order valence-electron chi connectivity index (χ2n) is 6.10. The zero-order valence-corrected chi connectivity index (χ0v) is 19.7. The molecule has 0 aromatic heterocycles. The van der Waals surface area contributed by atoms with Gasteiger partial charge in [-0.1, -0.05) is 25.8 Å². The standard InChI is InChI=1S/C18H33.K.H3O4P/c1-3-5-7-9-11-13-15-17-18-16-14-12-10-8-6-4-2;;1-5(2,3)4/h12,14,17-18H,1,3-11,13,15-16H2,2H3;;(H3,1,2,3,4)/b14-12-,18-17-;;. The molecule has 0 spiro atoms. The van der Waals surface area contributed by atoms with Gasteiger partial charge in [-0.3, -0.25) is 0 Å². The van der Waals surface area contributed by atoms with Gasteiger partial charge in [-0.05, 0) is 12.8 Å². The molecule has 138 valence electrons. The van der Waals surface area contributed by atoms with Gasteiger partial charge >= 0.3 is 127 Å². The van der Waals surface area contributed by atoms with E-state index in [0.29, 0.717) is 0 Å². The van der Waals surface area contributed by atoms with Crippen molar-refractivity contribution in [3.05, 3.63) is 24.3 Å². The predicted molar refractivity (Wildman–Crippen MR) is 104 cm³/mol. The number of hydrogen-bond acceptors (Lipinski definition) is 1. The SMILES string of the molecule is CCCCC/C=C\C/C=C\CCCCCCC[CH2][K].O=P(O)(O)O. The van der Waals surface area contributed by atoms with E-state index in [1.807, 2.05) is 0 Å². The quantitative estimate of drug-likeness (QED) is 0.160. The zero-order valence-electron chi connectivity index (χ0n) is 15.7. The van der Waals surface area contributed by atoms with Crippen LogP contribution in [0.4, 0.5) is 0 Å². The van der Waals surface area contributed by atoms with Crippen LogP contribution in [0, 0.1) is 0 Å². The van der Waals surface area contributed by atoms with E-state index in [2.05, 4.69) is 31.2 Å². The molecule has 4 nitrogen and oxygen atoms in total. The van der Waals surface area contributed by atoms with Crippen LogP contribution in [-0.2, 0) is 4.57 Å². The van der Waals surface area contributed by atoms with Gasteiger partial charge < -0.3 is 14.7 Å². The van der Waals surface area contributed by atoms with Gasteiger partial charge in [-0.15, -0.1) is 0 Å². The Morgan fingerprint density at radius 1 is 0.750 bits per heavy atom. The second kappa shape index (κ2) is 22.3. The number of unbranched alkanes of at least 4 members (excludes halogenated alkanes) is 9. The van der Waals surface area contributed by atoms with E-state index < -0.39 is 7.82 Å². The van der Waals surface area contributed by atoms with Crippen LogP contribution in [0.25, 0.3) is 0 Å². The first kappa shape index (κ1) is 27.4. The Labute approximate surface area is 183 Å². The molecule has 0 aliphatic carbocycles. The van der Waals surface area contributed by atoms with Crippen LogP contribution in [-0.4, -0.2) is 63.6 Å². The summed E-state index contributed by atoms with van der Waals surface area (Å²) in [7, 11) is -4.64. The molecule has 0 saturated heterocycles. The van der Waals surface area contributed by atoms with E-state index in [-0.39, 0.29) is 0 Å². The monoisotopic (exact) mass is 386 g/mol. The van der Waals surface area contributed by atoms with Crippen LogP contribution in [0.1, 0.15) is 84.0 Å². The Balaban J connectivity index is 0. The summed E-state index contributed by atoms with van der Waals surface area (Å²) in [5.41, 5.74) is 0. The van der Waals surface area contributed by atoms with E-state index in [0.717, 1.165) is 55.4 Å². The van der Waals surface area contributed by atoms with Crippen LogP contribution in [0.3, 0.4) is 0 Å². The maximum Gasteiger partial charge on any atom is 0.466 e. The summed E-state index contributed by atoms with van der Waals surface area (Å²) in [6.07, 6.45) is 25.9. The second-order valence-corrected chi connectivity index (χ2v) is 8.69. The summed E-state index contributed by atoms with van der Waals surface area (Å²) in [4.78, 5) is 21.6. The van der Waals surface area contributed by atoms with Crippen LogP contribution >= 0.6 is 7.82 Å². The molecule has 0 heterocycles. The van der Waals surface area contributed by atoms with Gasteiger partial charge in [-0.2, -0.15) is 0 Å². The molecule has 0 aromatic rings. The van der Waals surface area contributed by atoms with E-state index in [4.69, 9.17) is 19.2 Å². The Bertz CT molecular complexity index is 332. The number of phosphoric acid groups is 1. The van der Waals surface area contributed by atoms with Crippen molar-refractivity contribution in [3.63, 3.8) is 0 Å². The van der Waals surface area contributed by atoms with Crippen LogP contribution < -0.4 is 0 Å². The predicted octanol–water partition coefficient (Wildman–Crippen LogP) is 5.46. The van der Waals surface area contributed by atoms with Crippen molar-refractivity contribution in [2.75, 3.05) is 0 Å². The molecule has 0 atom stereocenters. The van der Waals surface area contributed by atoms with Gasteiger partial charge in [0.15, 0.2) is 0 Å². The molecule has 0 radical (unpaired) electrons. The van der Waals surface area contributed by atoms with E-state index in [9.17, 15) is 0 Å². The Hall–Kier alpha value is 1.23. The van der Waals surface area contributed by atoms with Crippen molar-refractivity contribution in [2.45, 2.75) is 84.5 Å². The first-order valence-corrected chi connectivity index (χ1v) is 13.3. The largest absolute Gasteiger partial charge is 0.466 e. The summed E-state index contributed by atoms with van der Waals surface area (Å²) in [5.74, 6) is 0. The minimum atomic E-state index is -4.64. The van der Waals surface area contributed by atoms with E-state index in [1.165, 1.54) is 70.6 Å². The van der Waals surface area contributed by atoms with Crippen molar-refractivity contribution in [2.24, 2.45) is 0 Å². The van der Waals surface area contributed by atoms with Crippen molar-refractivity contribution in [1.29, 1.82) is 0 Å². The molecular formula is C18H36KO4P. The van der Waals surface area contributed by atoms with Crippen molar-refractivity contribution in [3.8, 4) is 0 Å². The first-order chi connectivity index (χ1) is 11.4. The van der Waals surface area contributed by atoms with Gasteiger partial charge in [0, 0.05) is 0 Å². The number of allylic oxidation sites excluding steroid dienone is 4. The first-order valence-electron chi connectivity index (χ1n) is 9.50. The Morgan fingerprint density at radius 2 is 1.17 bits per heavy atom. The zero-order chi connectivity index (χ0) is 18.5. The topological polar surface area (TPSA) is 77.8 Å². The summed E-state index contributed by atoms with van der Waals surface area (Å²) >= 11 is 1.09. The fourth-order valence-corrected chi connectivity index (χ4v) is 3.02. The minimum Gasteiger partial charge on any atom is -0.303 e. The molecule has 0 fully saturated rings. The van der Waals surface area contributed by atoms with E-state index in [1.54, 1.807) is 0.515 Å². The fourth-order valence-electron chi connectivity index (χ4n) is 2.24. The molecule has 0 amide bonds. The van der Waals surface area contributed by atoms with Crippen LogP contribution in [0.2, 0.25) is 0.515 Å². The molecule has 0 rings (SSSR count). The molecular weight excluding hydrogens is 350 g/mol. The van der Waals surface area contributed by atoms with Crippen molar-refractivity contribution < 1.29 is 19.2 Å². The summed E-state index contributed by atoms with van der Waals surface area (Å²) < 4.78 is 10.4. The van der Waals surface area contributed by atoms with Gasteiger partial charge in [0.05, 0.1) is 0 Å². The van der Waals surface area contributed by atoms with Crippen LogP contribution in [0.5, 0.6) is 0 Å². The average molecular weight is 387 g/mol. The van der Waals surface area contributed by atoms with Gasteiger partial charge in [0.2, 0.25) is 0 Å². The van der Waals surface area contributed by atoms with Crippen molar-refractivity contribution in [1.82, 2.24) is 0 Å². The molecule has 24 heavy (non-hydrogen) atoms. The molecule has 3 N–H and O–H groups in total. The summed E-state index contributed by atoms with van der Waals surface area (Å²) in [6, 6.07) is 0. The van der Waals surface area contributed by atoms with Gasteiger partial charge in [0.1, 0.15) is 0 Å². The van der Waals surface area contributed by atoms with Gasteiger partial charge in [0.25, 0.3) is 0 Å². The van der Waals surface area contributed by atoms with Gasteiger partial charge in [-0.25, -0.2) is 4.57 Å². The van der Waals surface area contributed by atoms with Crippen molar-refractivity contribution >= 4 is 56.8 Å². The molecule has 0 aliphatic heterocycles. The van der Waals surface area contributed by atoms with Crippen LogP contribution in [0.15, 0.2) is 24.3 Å². The molecule has 0 unspecified atom stereocenters. The molecule has 6 heteroatoms. The van der Waals surface area contributed by atoms with E-state index >= 15 is 0 Å². The Morgan fingerprint density at radius 3 is 1.62 bits per heavy atom. The number of rotatable bonds is 14. The molecule has 0 aromatic carbocycles. The number of hydrogen-bond donors (Lipinski definition) is 3. The fraction of sp³-hybridized carbons (Fsp3) is 0.778. The smallest absolute Gasteiger partial charge is 0.303 e. The molecule has 0 saturated carbocycles. The average Bonchev–Trinajstić information content (AvgIpc) is 2.49. The maximum atomic E-state index is 8.88. The third-order valence-corrected chi connectivity index (χ3v) is 4.66. The normalized spacial score (nSPS) is 11.9. The molecule has 0 bridgehead atoms. The molecule has 0 aliphatic rings. The summed E-state index contributed by atoms with van der Waals surface area (Å²) in [5, 5.41) is 0.